The Morgan fingerprint density at radius 1 is 1.45 bits per heavy atom. The average Bonchev–Trinajstić information content (AvgIpc) is 2.63. The van der Waals surface area contributed by atoms with Crippen molar-refractivity contribution in [3.05, 3.63) is 24.2 Å². The first kappa shape index (κ1) is 14.5. The van der Waals surface area contributed by atoms with Crippen molar-refractivity contribution in [2.75, 3.05) is 0 Å². The molecule has 0 radical (unpaired) electrons. The van der Waals surface area contributed by atoms with Gasteiger partial charge in [0.1, 0.15) is 11.3 Å². The summed E-state index contributed by atoms with van der Waals surface area (Å²) in [6, 6.07) is 4.05. The Labute approximate surface area is 118 Å². The zero-order valence-corrected chi connectivity index (χ0v) is 12.4. The lowest BCUT2D eigenvalue weighted by atomic mass is 9.85. The van der Waals surface area contributed by atoms with Crippen LogP contribution >= 0.6 is 0 Å². The van der Waals surface area contributed by atoms with Gasteiger partial charge in [-0.15, -0.1) is 0 Å². The molecule has 0 aliphatic heterocycles. The van der Waals surface area contributed by atoms with E-state index in [2.05, 4.69) is 28.4 Å². The number of hydrogen-bond donors (Lipinski definition) is 1. The number of nitrogens with zero attached hydrogens (tertiary/aromatic N) is 3. The van der Waals surface area contributed by atoms with Gasteiger partial charge in [-0.2, -0.15) is 0 Å². The van der Waals surface area contributed by atoms with Crippen molar-refractivity contribution in [3.63, 3.8) is 0 Å². The maximum Gasteiger partial charge on any atom is 0.303 e. The third-order valence-electron chi connectivity index (χ3n) is 3.30. The highest BCUT2D eigenvalue weighted by Gasteiger charge is 2.26. The lowest BCUT2D eigenvalue weighted by Crippen LogP contribution is -2.22. The number of pyridine rings is 1. The number of rotatable bonds is 5. The summed E-state index contributed by atoms with van der Waals surface area (Å²) in [6.07, 6.45) is 2.50. The van der Waals surface area contributed by atoms with E-state index in [-0.39, 0.29) is 17.9 Å². The molecule has 20 heavy (non-hydrogen) atoms. The van der Waals surface area contributed by atoms with Gasteiger partial charge in [-0.1, -0.05) is 13.8 Å². The maximum atomic E-state index is 11.0. The van der Waals surface area contributed by atoms with E-state index in [1.807, 2.05) is 26.0 Å². The third kappa shape index (κ3) is 2.98. The second kappa shape index (κ2) is 5.23. The molecule has 0 aliphatic carbocycles. The number of carboxylic acids is 1. The lowest BCUT2D eigenvalue weighted by molar-refractivity contribution is -0.139. The number of aliphatic carboxylic acids is 1. The van der Waals surface area contributed by atoms with Crippen LogP contribution in [0.3, 0.4) is 0 Å². The van der Waals surface area contributed by atoms with E-state index in [1.54, 1.807) is 6.20 Å². The summed E-state index contributed by atoms with van der Waals surface area (Å²) < 4.78 is 2.10. The molecule has 0 bridgehead atoms. The molecule has 5 heteroatoms. The van der Waals surface area contributed by atoms with E-state index in [1.165, 1.54) is 0 Å². The van der Waals surface area contributed by atoms with E-state index < -0.39 is 5.97 Å². The largest absolute Gasteiger partial charge is 0.481 e. The number of carbonyl (C=O) groups is 1. The van der Waals surface area contributed by atoms with Gasteiger partial charge in [-0.3, -0.25) is 4.79 Å². The van der Waals surface area contributed by atoms with Gasteiger partial charge < -0.3 is 9.67 Å². The Hall–Kier alpha value is -1.91. The molecule has 0 unspecified atom stereocenters. The topological polar surface area (TPSA) is 68.0 Å². The van der Waals surface area contributed by atoms with Gasteiger partial charge in [0, 0.05) is 18.7 Å². The molecule has 0 aliphatic rings. The molecule has 2 aromatic rings. The van der Waals surface area contributed by atoms with Crippen LogP contribution in [0, 0.1) is 5.41 Å². The Morgan fingerprint density at radius 3 is 2.75 bits per heavy atom. The van der Waals surface area contributed by atoms with Crippen LogP contribution in [0.5, 0.6) is 0 Å². The van der Waals surface area contributed by atoms with Crippen LogP contribution in [0.15, 0.2) is 18.3 Å². The zero-order chi connectivity index (χ0) is 14.9. The molecule has 0 fully saturated rings. The molecular weight excluding hydrogens is 254 g/mol. The number of hydrogen-bond acceptors (Lipinski definition) is 3. The maximum absolute atomic E-state index is 11.0. The van der Waals surface area contributed by atoms with Gasteiger partial charge in [0.05, 0.1) is 6.42 Å². The lowest BCUT2D eigenvalue weighted by Gasteiger charge is -2.23. The molecule has 0 saturated heterocycles. The van der Waals surface area contributed by atoms with E-state index in [4.69, 9.17) is 5.11 Å². The van der Waals surface area contributed by atoms with Crippen molar-refractivity contribution >= 4 is 17.1 Å². The Kier molecular flexibility index (Phi) is 3.79. The fourth-order valence-electron chi connectivity index (χ4n) is 2.54. The quantitative estimate of drug-likeness (QED) is 0.910. The van der Waals surface area contributed by atoms with Crippen LogP contribution in [0.25, 0.3) is 11.2 Å². The first-order valence-corrected chi connectivity index (χ1v) is 6.84. The van der Waals surface area contributed by atoms with E-state index >= 15 is 0 Å². The summed E-state index contributed by atoms with van der Waals surface area (Å²) >= 11 is 0. The fraction of sp³-hybridized carbons (Fsp3) is 0.533. The Balaban J connectivity index is 2.43. The molecule has 2 heterocycles. The molecule has 2 aromatic heterocycles. The van der Waals surface area contributed by atoms with Gasteiger partial charge in [0.2, 0.25) is 0 Å². The summed E-state index contributed by atoms with van der Waals surface area (Å²) in [7, 11) is 0. The van der Waals surface area contributed by atoms with Gasteiger partial charge in [0.25, 0.3) is 0 Å². The predicted molar refractivity (Wildman–Crippen MR) is 77.7 cm³/mol. The Morgan fingerprint density at radius 2 is 2.15 bits per heavy atom. The van der Waals surface area contributed by atoms with E-state index in [0.29, 0.717) is 6.42 Å². The smallest absolute Gasteiger partial charge is 0.303 e. The van der Waals surface area contributed by atoms with Gasteiger partial charge in [0.15, 0.2) is 5.65 Å². The van der Waals surface area contributed by atoms with Crippen LogP contribution in [0.2, 0.25) is 0 Å². The molecule has 0 atom stereocenters. The van der Waals surface area contributed by atoms with Gasteiger partial charge in [-0.05, 0) is 31.4 Å². The molecule has 2 rings (SSSR count). The second-order valence-electron chi connectivity index (χ2n) is 6.25. The predicted octanol–water partition coefficient (Wildman–Crippen LogP) is 3.06. The van der Waals surface area contributed by atoms with E-state index in [0.717, 1.165) is 17.0 Å². The van der Waals surface area contributed by atoms with Crippen molar-refractivity contribution in [2.45, 2.75) is 46.6 Å². The van der Waals surface area contributed by atoms with Crippen molar-refractivity contribution < 1.29 is 9.90 Å². The SMILES string of the molecule is CC(C)n1c(CC(C)(C)CC(=O)O)nc2cccnc21. The minimum absolute atomic E-state index is 0.127. The van der Waals surface area contributed by atoms with Crippen molar-refractivity contribution in [1.29, 1.82) is 0 Å². The summed E-state index contributed by atoms with van der Waals surface area (Å²) in [4.78, 5) is 20.0. The molecule has 0 aromatic carbocycles. The highest BCUT2D eigenvalue weighted by Crippen LogP contribution is 2.28. The van der Waals surface area contributed by atoms with Crippen LogP contribution in [-0.2, 0) is 11.2 Å². The highest BCUT2D eigenvalue weighted by atomic mass is 16.4. The number of carboxylic acid groups (broad SMARTS) is 1. The van der Waals surface area contributed by atoms with Gasteiger partial charge in [-0.25, -0.2) is 9.97 Å². The molecule has 0 saturated carbocycles. The summed E-state index contributed by atoms with van der Waals surface area (Å²) in [5.74, 6) is 0.125. The first-order valence-electron chi connectivity index (χ1n) is 6.84. The molecule has 0 spiro atoms. The molecule has 5 nitrogen and oxygen atoms in total. The monoisotopic (exact) mass is 275 g/mol. The number of imidazole rings is 1. The minimum Gasteiger partial charge on any atom is -0.481 e. The van der Waals surface area contributed by atoms with Gasteiger partial charge >= 0.3 is 5.97 Å². The summed E-state index contributed by atoms with van der Waals surface area (Å²) in [5, 5.41) is 9.01. The van der Waals surface area contributed by atoms with Crippen LogP contribution in [-0.4, -0.2) is 25.6 Å². The third-order valence-corrected chi connectivity index (χ3v) is 3.30. The van der Waals surface area contributed by atoms with Crippen molar-refractivity contribution in [2.24, 2.45) is 5.41 Å². The number of aromatic nitrogens is 3. The first-order chi connectivity index (χ1) is 9.30. The van der Waals surface area contributed by atoms with Crippen molar-refractivity contribution in [1.82, 2.24) is 14.5 Å². The average molecular weight is 275 g/mol. The summed E-state index contributed by atoms with van der Waals surface area (Å²) in [5.41, 5.74) is 1.39. The van der Waals surface area contributed by atoms with Crippen LogP contribution < -0.4 is 0 Å². The zero-order valence-electron chi connectivity index (χ0n) is 12.4. The van der Waals surface area contributed by atoms with Crippen LogP contribution in [0.4, 0.5) is 0 Å². The van der Waals surface area contributed by atoms with Crippen LogP contribution in [0.1, 0.15) is 46.0 Å². The fourth-order valence-corrected chi connectivity index (χ4v) is 2.54. The molecular formula is C15H21N3O2. The Bertz CT molecular complexity index is 629. The molecule has 108 valence electrons. The molecule has 0 amide bonds. The van der Waals surface area contributed by atoms with E-state index in [9.17, 15) is 4.79 Å². The standard InChI is InChI=1S/C15H21N3O2/c1-10(2)18-12(8-15(3,4)9-13(19)20)17-11-6-5-7-16-14(11)18/h5-7,10H,8-9H2,1-4H3,(H,19,20). The normalized spacial score (nSPS) is 12.2. The van der Waals surface area contributed by atoms with Crippen molar-refractivity contribution in [3.8, 4) is 0 Å². The second-order valence-corrected chi connectivity index (χ2v) is 6.25. The molecule has 1 N–H and O–H groups in total. The minimum atomic E-state index is -0.777. The number of fused-ring (bicyclic) bond motifs is 1. The highest BCUT2D eigenvalue weighted by molar-refractivity contribution is 5.71. The summed E-state index contributed by atoms with van der Waals surface area (Å²) in [6.45, 7) is 8.09.